The van der Waals surface area contributed by atoms with Gasteiger partial charge in [0.15, 0.2) is 0 Å². The lowest BCUT2D eigenvalue weighted by molar-refractivity contribution is 0.390. The van der Waals surface area contributed by atoms with Crippen LogP contribution < -0.4 is 0 Å². The summed E-state index contributed by atoms with van der Waals surface area (Å²) in [6, 6.07) is 0. The fraction of sp³-hybridized carbons (Fsp3) is 0.760. The number of allylic oxidation sites excluding steroid dienone is 5. The third kappa shape index (κ3) is 6.80. The highest BCUT2D eigenvalue weighted by molar-refractivity contribution is 5.23. The zero-order valence-corrected chi connectivity index (χ0v) is 19.7. The molecule has 0 saturated heterocycles. The van der Waals surface area contributed by atoms with Crippen molar-refractivity contribution in [1.29, 1.82) is 0 Å². The van der Waals surface area contributed by atoms with E-state index in [2.05, 4.69) is 75.8 Å². The molecule has 2 aliphatic rings. The molecule has 2 aliphatic carbocycles. The number of rotatable bonds is 0. The van der Waals surface area contributed by atoms with Crippen molar-refractivity contribution in [2.45, 2.75) is 90.0 Å². The Morgan fingerprint density at radius 2 is 0.680 bits per heavy atom. The van der Waals surface area contributed by atoms with Gasteiger partial charge in [0.25, 0.3) is 0 Å². The molecule has 148 valence electrons. The first kappa shape index (κ1) is 26.4. The summed E-state index contributed by atoms with van der Waals surface area (Å²) < 4.78 is 0. The van der Waals surface area contributed by atoms with E-state index in [4.69, 9.17) is 0 Å². The zero-order chi connectivity index (χ0) is 20.5. The minimum Gasteiger partial charge on any atom is -0.103 e. The highest BCUT2D eigenvalue weighted by Crippen LogP contribution is 2.41. The Bertz CT molecular complexity index is 373. The first-order valence-corrected chi connectivity index (χ1v) is 10.4. The first-order valence-electron chi connectivity index (χ1n) is 10.4. The molecule has 0 aromatic carbocycles. The summed E-state index contributed by atoms with van der Waals surface area (Å²) in [7, 11) is 0. The van der Waals surface area contributed by atoms with Gasteiger partial charge >= 0.3 is 0 Å². The average Bonchev–Trinajstić information content (AvgIpc) is 2.88. The zero-order valence-electron chi connectivity index (χ0n) is 19.7. The van der Waals surface area contributed by atoms with Crippen molar-refractivity contribution in [1.82, 2.24) is 0 Å². The van der Waals surface area contributed by atoms with Gasteiger partial charge in [-0.15, -0.1) is 6.58 Å². The second-order valence-electron chi connectivity index (χ2n) is 8.01. The van der Waals surface area contributed by atoms with Crippen LogP contribution in [0.3, 0.4) is 0 Å². The van der Waals surface area contributed by atoms with Crippen LogP contribution in [0.4, 0.5) is 0 Å². The maximum atomic E-state index is 3.36. The van der Waals surface area contributed by atoms with Crippen molar-refractivity contribution in [3.05, 3.63) is 34.9 Å². The Kier molecular flexibility index (Phi) is 13.3. The maximum absolute atomic E-state index is 3.36. The van der Waals surface area contributed by atoms with Crippen LogP contribution in [0, 0.1) is 35.5 Å². The lowest BCUT2D eigenvalue weighted by Crippen LogP contribution is -2.08. The van der Waals surface area contributed by atoms with Gasteiger partial charge in [-0.2, -0.15) is 0 Å². The molecule has 0 fully saturated rings. The third-order valence-corrected chi connectivity index (χ3v) is 7.13. The summed E-state index contributed by atoms with van der Waals surface area (Å²) in [6.07, 6.45) is 1.75. The molecule has 0 bridgehead atoms. The van der Waals surface area contributed by atoms with Gasteiger partial charge in [0.1, 0.15) is 0 Å². The van der Waals surface area contributed by atoms with Gasteiger partial charge in [-0.1, -0.05) is 83.8 Å². The first-order chi connectivity index (χ1) is 11.5. The van der Waals surface area contributed by atoms with Crippen molar-refractivity contribution in [3.63, 3.8) is 0 Å². The minimum absolute atomic E-state index is 0.815. The van der Waals surface area contributed by atoms with Crippen LogP contribution in [0.25, 0.3) is 0 Å². The predicted octanol–water partition coefficient (Wildman–Crippen LogP) is 8.71. The smallest absolute Gasteiger partial charge is 0.0200 e. The van der Waals surface area contributed by atoms with Crippen molar-refractivity contribution in [2.24, 2.45) is 35.5 Å². The van der Waals surface area contributed by atoms with Gasteiger partial charge in [-0.25, -0.2) is 0 Å². The van der Waals surface area contributed by atoms with E-state index in [1.807, 2.05) is 20.8 Å². The number of hydrogen-bond donors (Lipinski definition) is 0. The summed E-state index contributed by atoms with van der Waals surface area (Å²) in [6.45, 7) is 32.4. The summed E-state index contributed by atoms with van der Waals surface area (Å²) in [4.78, 5) is 0. The van der Waals surface area contributed by atoms with E-state index in [0.717, 1.165) is 35.5 Å². The fourth-order valence-electron chi connectivity index (χ4n) is 3.88. The van der Waals surface area contributed by atoms with Crippen LogP contribution in [0.1, 0.15) is 90.0 Å². The lowest BCUT2D eigenvalue weighted by atomic mass is 9.90. The number of hydrogen-bond acceptors (Lipinski definition) is 0. The van der Waals surface area contributed by atoms with Crippen LogP contribution in [-0.4, -0.2) is 0 Å². The molecule has 6 atom stereocenters. The molecule has 0 saturated carbocycles. The van der Waals surface area contributed by atoms with E-state index in [9.17, 15) is 0 Å². The van der Waals surface area contributed by atoms with Crippen LogP contribution in [0.2, 0.25) is 0 Å². The predicted molar refractivity (Wildman–Crippen MR) is 119 cm³/mol. The van der Waals surface area contributed by atoms with Crippen molar-refractivity contribution >= 4 is 0 Å². The van der Waals surface area contributed by atoms with Crippen LogP contribution in [0.15, 0.2) is 34.9 Å². The highest BCUT2D eigenvalue weighted by atomic mass is 14.4. The van der Waals surface area contributed by atoms with E-state index in [1.165, 1.54) is 0 Å². The second kappa shape index (κ2) is 12.6. The molecule has 0 heteroatoms. The Morgan fingerprint density at radius 3 is 0.720 bits per heavy atom. The van der Waals surface area contributed by atoms with Crippen molar-refractivity contribution in [3.8, 4) is 0 Å². The van der Waals surface area contributed by atoms with E-state index in [-0.39, 0.29) is 0 Å². The largest absolute Gasteiger partial charge is 0.103 e. The summed E-state index contributed by atoms with van der Waals surface area (Å²) in [5, 5.41) is 0. The van der Waals surface area contributed by atoms with E-state index < -0.39 is 0 Å². The van der Waals surface area contributed by atoms with Gasteiger partial charge in [-0.3, -0.25) is 0 Å². The molecule has 0 heterocycles. The van der Waals surface area contributed by atoms with Gasteiger partial charge in [0, 0.05) is 0 Å². The van der Waals surface area contributed by atoms with Gasteiger partial charge in [0.2, 0.25) is 0 Å². The Labute approximate surface area is 160 Å². The Balaban J connectivity index is 0. The molecule has 0 amide bonds. The molecule has 2 unspecified atom stereocenters. The van der Waals surface area contributed by atoms with E-state index in [1.54, 1.807) is 28.4 Å². The normalized spacial score (nSPS) is 33.6. The van der Waals surface area contributed by atoms with Crippen LogP contribution in [0.5, 0.6) is 0 Å². The van der Waals surface area contributed by atoms with Gasteiger partial charge < -0.3 is 0 Å². The molecule has 0 nitrogen and oxygen atoms in total. The van der Waals surface area contributed by atoms with E-state index >= 15 is 0 Å². The lowest BCUT2D eigenvalue weighted by Gasteiger charge is -2.15. The molecule has 2 rings (SSSR count). The maximum Gasteiger partial charge on any atom is -0.0200 e. The second-order valence-corrected chi connectivity index (χ2v) is 8.01. The molecule has 0 spiro atoms. The summed E-state index contributed by atoms with van der Waals surface area (Å²) in [5.74, 6) is 4.98. The molecule has 0 N–H and O–H groups in total. The Morgan fingerprint density at radius 1 is 0.560 bits per heavy atom. The Hall–Kier alpha value is -0.780. The SMILES string of the molecule is C=CC.CC.CC1=C(C)[C@H](C)C(C)[C@@H]1C.CC1=C(C)[C@H](C)C(C)[C@@H]1C. The average molecular weight is 349 g/mol. The van der Waals surface area contributed by atoms with Crippen LogP contribution >= 0.6 is 0 Å². The summed E-state index contributed by atoms with van der Waals surface area (Å²) >= 11 is 0. The van der Waals surface area contributed by atoms with E-state index in [0.29, 0.717) is 0 Å². The van der Waals surface area contributed by atoms with Gasteiger partial charge in [0.05, 0.1) is 0 Å². The molecule has 0 aromatic rings. The molecule has 25 heavy (non-hydrogen) atoms. The molecule has 0 aromatic heterocycles. The molecule has 0 radical (unpaired) electrons. The van der Waals surface area contributed by atoms with Crippen molar-refractivity contribution < 1.29 is 0 Å². The van der Waals surface area contributed by atoms with Crippen LogP contribution in [-0.2, 0) is 0 Å². The monoisotopic (exact) mass is 348 g/mol. The van der Waals surface area contributed by atoms with Gasteiger partial charge in [-0.05, 0) is 70.1 Å². The third-order valence-electron chi connectivity index (χ3n) is 7.13. The minimum atomic E-state index is 0.815. The topological polar surface area (TPSA) is 0 Å². The summed E-state index contributed by atoms with van der Waals surface area (Å²) in [5.41, 5.74) is 6.50. The quantitative estimate of drug-likeness (QED) is 0.384. The molecular formula is C25H48. The molecule has 0 aliphatic heterocycles. The standard InChI is InChI=1S/2C10H18.C3H6.C2H6/c2*1-6-7(2)9(4)10(5)8(6)3;1-3-2;1-2/h2*6-8H,1-5H3;3H,1H2,2H3;1-2H3/t2*6?,7-,8+;;. The molecular weight excluding hydrogens is 300 g/mol. The highest BCUT2D eigenvalue weighted by Gasteiger charge is 2.30. The van der Waals surface area contributed by atoms with Crippen molar-refractivity contribution in [2.75, 3.05) is 0 Å². The fourth-order valence-corrected chi connectivity index (χ4v) is 3.88.